The van der Waals surface area contributed by atoms with Gasteiger partial charge in [0.25, 0.3) is 0 Å². The minimum Gasteiger partial charge on any atom is -0.462 e. The van der Waals surface area contributed by atoms with Gasteiger partial charge in [0.2, 0.25) is 0 Å². The Morgan fingerprint density at radius 3 is 1.59 bits per heavy atom. The SMILES string of the molecule is CCC/C=C/C/C=C/C/C=C/C/C=C/CCCCCC(=O)O[C@H](COC(=O)CCCCCCCCCCCCCCC)COP(=O)(O)OCCN. The third-order valence-electron chi connectivity index (χ3n) is 8.20. The van der Waals surface area contributed by atoms with Crippen LogP contribution in [0.1, 0.15) is 168 Å². The maximum atomic E-state index is 12.5. The predicted octanol–water partition coefficient (Wildman–Crippen LogP) is 11.2. The van der Waals surface area contributed by atoms with Gasteiger partial charge in [-0.3, -0.25) is 18.6 Å². The summed E-state index contributed by atoms with van der Waals surface area (Å²) in [6, 6.07) is 0. The maximum absolute atomic E-state index is 12.5. The topological polar surface area (TPSA) is 134 Å². The summed E-state index contributed by atoms with van der Waals surface area (Å²) in [5.41, 5.74) is 5.33. The van der Waals surface area contributed by atoms with E-state index in [0.717, 1.165) is 64.2 Å². The molecule has 0 rings (SSSR count). The third-order valence-corrected chi connectivity index (χ3v) is 9.18. The number of allylic oxidation sites excluding steroid dienone is 8. The van der Waals surface area contributed by atoms with Crippen LogP contribution in [0.25, 0.3) is 0 Å². The molecule has 296 valence electrons. The molecule has 0 fully saturated rings. The Bertz CT molecular complexity index is 981. The first-order valence-electron chi connectivity index (χ1n) is 20.1. The lowest BCUT2D eigenvalue weighted by Crippen LogP contribution is -2.29. The average molecular weight is 740 g/mol. The number of nitrogens with two attached hydrogens (primary N) is 1. The molecule has 0 amide bonds. The summed E-state index contributed by atoms with van der Waals surface area (Å²) in [6.45, 7) is 3.61. The van der Waals surface area contributed by atoms with Crippen LogP contribution in [-0.2, 0) is 32.7 Å². The van der Waals surface area contributed by atoms with Crippen molar-refractivity contribution in [3.05, 3.63) is 48.6 Å². The van der Waals surface area contributed by atoms with Gasteiger partial charge in [-0.2, -0.15) is 0 Å². The average Bonchev–Trinajstić information content (AvgIpc) is 3.11. The van der Waals surface area contributed by atoms with Crippen LogP contribution in [-0.4, -0.2) is 49.3 Å². The molecule has 10 heteroatoms. The van der Waals surface area contributed by atoms with Gasteiger partial charge < -0.3 is 20.1 Å². The van der Waals surface area contributed by atoms with Crippen molar-refractivity contribution >= 4 is 19.8 Å². The number of phosphoric acid groups is 1. The molecule has 0 bridgehead atoms. The monoisotopic (exact) mass is 740 g/mol. The first kappa shape index (κ1) is 49.0. The first-order chi connectivity index (χ1) is 24.8. The number of phosphoric ester groups is 1. The molecule has 9 nitrogen and oxygen atoms in total. The summed E-state index contributed by atoms with van der Waals surface area (Å²) < 4.78 is 32.7. The Morgan fingerprint density at radius 2 is 1.06 bits per heavy atom. The van der Waals surface area contributed by atoms with Gasteiger partial charge in [0.05, 0.1) is 13.2 Å². The molecule has 0 aliphatic heterocycles. The van der Waals surface area contributed by atoms with Crippen LogP contribution < -0.4 is 5.73 Å². The highest BCUT2D eigenvalue weighted by Crippen LogP contribution is 2.43. The lowest BCUT2D eigenvalue weighted by Gasteiger charge is -2.19. The Kier molecular flexibility index (Phi) is 36.2. The van der Waals surface area contributed by atoms with Crippen molar-refractivity contribution in [1.82, 2.24) is 0 Å². The molecule has 0 aromatic carbocycles. The van der Waals surface area contributed by atoms with Gasteiger partial charge in [0.1, 0.15) is 6.61 Å². The summed E-state index contributed by atoms with van der Waals surface area (Å²) in [6.07, 6.45) is 41.4. The van der Waals surface area contributed by atoms with Gasteiger partial charge >= 0.3 is 19.8 Å². The summed E-state index contributed by atoms with van der Waals surface area (Å²) in [7, 11) is -4.38. The van der Waals surface area contributed by atoms with Gasteiger partial charge in [0, 0.05) is 19.4 Å². The summed E-state index contributed by atoms with van der Waals surface area (Å²) in [5, 5.41) is 0. The van der Waals surface area contributed by atoms with E-state index < -0.39 is 32.5 Å². The Morgan fingerprint density at radius 1 is 0.588 bits per heavy atom. The van der Waals surface area contributed by atoms with Gasteiger partial charge in [0.15, 0.2) is 6.10 Å². The first-order valence-corrected chi connectivity index (χ1v) is 21.6. The highest BCUT2D eigenvalue weighted by atomic mass is 31.2. The molecule has 0 aromatic rings. The van der Waals surface area contributed by atoms with Crippen LogP contribution in [0.5, 0.6) is 0 Å². The largest absolute Gasteiger partial charge is 0.472 e. The molecule has 2 atom stereocenters. The normalized spacial score (nSPS) is 13.9. The molecule has 3 N–H and O–H groups in total. The van der Waals surface area contributed by atoms with E-state index in [4.69, 9.17) is 24.3 Å². The van der Waals surface area contributed by atoms with E-state index in [1.54, 1.807) is 0 Å². The van der Waals surface area contributed by atoms with Gasteiger partial charge in [-0.1, -0.05) is 152 Å². The summed E-state index contributed by atoms with van der Waals surface area (Å²) in [4.78, 5) is 34.8. The van der Waals surface area contributed by atoms with Crippen LogP contribution in [0.15, 0.2) is 48.6 Å². The van der Waals surface area contributed by atoms with Crippen LogP contribution >= 0.6 is 7.82 Å². The summed E-state index contributed by atoms with van der Waals surface area (Å²) >= 11 is 0. The number of carbonyl (C=O) groups excluding carboxylic acids is 2. The van der Waals surface area contributed by atoms with Gasteiger partial charge in [-0.15, -0.1) is 0 Å². The van der Waals surface area contributed by atoms with E-state index in [1.165, 1.54) is 70.6 Å². The number of rotatable bonds is 37. The lowest BCUT2D eigenvalue weighted by atomic mass is 10.0. The van der Waals surface area contributed by atoms with Crippen molar-refractivity contribution in [1.29, 1.82) is 0 Å². The highest BCUT2D eigenvalue weighted by Gasteiger charge is 2.25. The zero-order valence-corrected chi connectivity index (χ0v) is 33.2. The molecule has 51 heavy (non-hydrogen) atoms. The van der Waals surface area contributed by atoms with E-state index in [2.05, 4.69) is 62.5 Å². The molecule has 1 unspecified atom stereocenters. The van der Waals surface area contributed by atoms with Crippen molar-refractivity contribution in [2.45, 2.75) is 174 Å². The van der Waals surface area contributed by atoms with Crippen molar-refractivity contribution in [2.75, 3.05) is 26.4 Å². The lowest BCUT2D eigenvalue weighted by molar-refractivity contribution is -0.161. The smallest absolute Gasteiger partial charge is 0.462 e. The quantitative estimate of drug-likeness (QED) is 0.0276. The van der Waals surface area contributed by atoms with E-state index in [9.17, 15) is 19.0 Å². The minimum absolute atomic E-state index is 0.0471. The molecule has 0 spiro atoms. The van der Waals surface area contributed by atoms with Gasteiger partial charge in [-0.25, -0.2) is 4.57 Å². The van der Waals surface area contributed by atoms with Gasteiger partial charge in [-0.05, 0) is 51.4 Å². The van der Waals surface area contributed by atoms with Crippen LogP contribution in [0, 0.1) is 0 Å². The van der Waals surface area contributed by atoms with Crippen molar-refractivity contribution in [2.24, 2.45) is 5.73 Å². The van der Waals surface area contributed by atoms with E-state index in [0.29, 0.717) is 6.42 Å². The second-order valence-electron chi connectivity index (χ2n) is 13.2. The predicted molar refractivity (Wildman–Crippen MR) is 210 cm³/mol. The molecule has 0 aliphatic rings. The van der Waals surface area contributed by atoms with E-state index in [-0.39, 0.29) is 32.6 Å². The number of ether oxygens (including phenoxy) is 2. The van der Waals surface area contributed by atoms with Crippen LogP contribution in [0.3, 0.4) is 0 Å². The second-order valence-corrected chi connectivity index (χ2v) is 14.6. The minimum atomic E-state index is -4.38. The summed E-state index contributed by atoms with van der Waals surface area (Å²) in [5.74, 6) is -0.865. The highest BCUT2D eigenvalue weighted by molar-refractivity contribution is 7.47. The molecular formula is C41H74NO8P. The second kappa shape index (κ2) is 37.7. The zero-order valence-electron chi connectivity index (χ0n) is 32.3. The molecule has 0 saturated heterocycles. The van der Waals surface area contributed by atoms with E-state index >= 15 is 0 Å². The molecule has 0 aliphatic carbocycles. The number of unbranched alkanes of at least 4 members (excludes halogenated alkanes) is 16. The molecular weight excluding hydrogens is 665 g/mol. The third kappa shape index (κ3) is 37.5. The molecule has 0 saturated carbocycles. The standard InChI is InChI=1S/C41H74NO8P/c1-3-5-7-9-11-13-15-17-18-19-20-22-24-26-28-30-32-34-41(44)50-39(38-49-51(45,46)48-36-35-42)37-47-40(43)33-31-29-27-25-23-21-16-14-12-10-8-6-4-2/h7,9,13,15,18-19,22,24,39H,3-6,8,10-12,14,16-17,20-21,23,25-38,42H2,1-2H3,(H,45,46)/b9-7+,15-13+,19-18+,24-22+/t39-/m1/s1. The fourth-order valence-corrected chi connectivity index (χ4v) is 5.98. The zero-order chi connectivity index (χ0) is 37.5. The van der Waals surface area contributed by atoms with Crippen molar-refractivity contribution in [3.63, 3.8) is 0 Å². The van der Waals surface area contributed by atoms with Crippen molar-refractivity contribution < 1.29 is 37.6 Å². The van der Waals surface area contributed by atoms with E-state index in [1.807, 2.05) is 0 Å². The number of hydrogen-bond donors (Lipinski definition) is 2. The van der Waals surface area contributed by atoms with Crippen molar-refractivity contribution in [3.8, 4) is 0 Å². The molecule has 0 aromatic heterocycles. The van der Waals surface area contributed by atoms with Crippen LogP contribution in [0.2, 0.25) is 0 Å². The Hall–Kier alpha value is -2.03. The number of carbonyl (C=O) groups is 2. The number of esters is 2. The van der Waals surface area contributed by atoms with Crippen LogP contribution in [0.4, 0.5) is 0 Å². The number of hydrogen-bond acceptors (Lipinski definition) is 8. The Labute approximate surface area is 311 Å². The Balaban J connectivity index is 4.27. The molecule has 0 radical (unpaired) electrons. The fraction of sp³-hybridized carbons (Fsp3) is 0.756. The molecule has 0 heterocycles. The fourth-order valence-electron chi connectivity index (χ4n) is 5.21. The maximum Gasteiger partial charge on any atom is 0.472 e.